The minimum atomic E-state index is -0.547. The second kappa shape index (κ2) is 7.79. The van der Waals surface area contributed by atoms with Crippen molar-refractivity contribution in [1.82, 2.24) is 10.3 Å². The zero-order valence-electron chi connectivity index (χ0n) is 11.6. The molecule has 0 fully saturated rings. The van der Waals surface area contributed by atoms with Gasteiger partial charge in [-0.25, -0.2) is 4.98 Å². The average Bonchev–Trinajstić information content (AvgIpc) is 2.86. The van der Waals surface area contributed by atoms with Gasteiger partial charge in [0.25, 0.3) is 0 Å². The molecule has 108 valence electrons. The van der Waals surface area contributed by atoms with Crippen molar-refractivity contribution in [3.05, 3.63) is 53.7 Å². The second-order valence-electron chi connectivity index (χ2n) is 4.65. The summed E-state index contributed by atoms with van der Waals surface area (Å²) in [6.07, 6.45) is 1.13. The van der Waals surface area contributed by atoms with Crippen LogP contribution in [0.4, 0.5) is 0 Å². The first-order chi connectivity index (χ1) is 9.74. The Hall–Kier alpha value is -1.69. The fraction of sp³-hybridized carbons (Fsp3) is 0.400. The van der Waals surface area contributed by atoms with Gasteiger partial charge in [-0.1, -0.05) is 30.3 Å². The fourth-order valence-electron chi connectivity index (χ4n) is 1.77. The minimum absolute atomic E-state index is 0.298. The zero-order chi connectivity index (χ0) is 14.2. The second-order valence-corrected chi connectivity index (χ2v) is 4.65. The summed E-state index contributed by atoms with van der Waals surface area (Å²) in [5.74, 6) is 1.41. The smallest absolute Gasteiger partial charge is 0.208 e. The van der Waals surface area contributed by atoms with Crippen molar-refractivity contribution >= 4 is 0 Å². The summed E-state index contributed by atoms with van der Waals surface area (Å²) < 4.78 is 10.8. The van der Waals surface area contributed by atoms with Gasteiger partial charge in [0.05, 0.1) is 32.1 Å². The van der Waals surface area contributed by atoms with Crippen molar-refractivity contribution < 1.29 is 14.3 Å². The number of nitrogens with zero attached hydrogens (tertiary/aromatic N) is 1. The highest BCUT2D eigenvalue weighted by molar-refractivity contribution is 5.13. The Morgan fingerprint density at radius 3 is 2.85 bits per heavy atom. The zero-order valence-corrected chi connectivity index (χ0v) is 11.6. The SMILES string of the molecule is Cc1cnc(CNCC(O)COCc2ccccc2)o1. The van der Waals surface area contributed by atoms with Gasteiger partial charge in [0.1, 0.15) is 5.76 Å². The first kappa shape index (κ1) is 14.7. The maximum atomic E-state index is 9.77. The van der Waals surface area contributed by atoms with Crippen LogP contribution in [0, 0.1) is 6.92 Å². The quantitative estimate of drug-likeness (QED) is 0.767. The van der Waals surface area contributed by atoms with Gasteiger partial charge in [0, 0.05) is 6.54 Å². The van der Waals surface area contributed by atoms with Crippen molar-refractivity contribution in [2.24, 2.45) is 0 Å². The van der Waals surface area contributed by atoms with Gasteiger partial charge in [-0.2, -0.15) is 0 Å². The Labute approximate surface area is 118 Å². The van der Waals surface area contributed by atoms with Gasteiger partial charge in [0.2, 0.25) is 5.89 Å². The molecule has 1 aromatic carbocycles. The van der Waals surface area contributed by atoms with Crippen molar-refractivity contribution in [3.63, 3.8) is 0 Å². The summed E-state index contributed by atoms with van der Waals surface area (Å²) in [5.41, 5.74) is 1.10. The lowest BCUT2D eigenvalue weighted by molar-refractivity contribution is 0.0285. The van der Waals surface area contributed by atoms with Crippen LogP contribution in [0.15, 0.2) is 40.9 Å². The standard InChI is InChI=1S/C15H20N2O3/c1-12-7-17-15(20-12)9-16-8-14(18)11-19-10-13-5-3-2-4-6-13/h2-7,14,16,18H,8-11H2,1H3. The number of ether oxygens (including phenoxy) is 1. The van der Waals surface area contributed by atoms with Crippen molar-refractivity contribution in [2.45, 2.75) is 26.2 Å². The van der Waals surface area contributed by atoms with Crippen LogP contribution in [0.3, 0.4) is 0 Å². The summed E-state index contributed by atoms with van der Waals surface area (Å²) in [7, 11) is 0. The Balaban J connectivity index is 1.57. The molecule has 2 aromatic rings. The number of oxazole rings is 1. The highest BCUT2D eigenvalue weighted by atomic mass is 16.5. The van der Waals surface area contributed by atoms with Gasteiger partial charge in [-0.05, 0) is 12.5 Å². The number of aromatic nitrogens is 1. The molecule has 5 nitrogen and oxygen atoms in total. The molecular weight excluding hydrogens is 256 g/mol. The molecule has 2 rings (SSSR count). The first-order valence-corrected chi connectivity index (χ1v) is 6.66. The van der Waals surface area contributed by atoms with E-state index in [0.29, 0.717) is 32.2 Å². The average molecular weight is 276 g/mol. The predicted octanol–water partition coefficient (Wildman–Crippen LogP) is 1.65. The monoisotopic (exact) mass is 276 g/mol. The van der Waals surface area contributed by atoms with Gasteiger partial charge in [0.15, 0.2) is 0 Å². The van der Waals surface area contributed by atoms with E-state index in [1.54, 1.807) is 6.20 Å². The molecule has 0 saturated carbocycles. The van der Waals surface area contributed by atoms with E-state index in [-0.39, 0.29) is 0 Å². The Morgan fingerprint density at radius 2 is 2.15 bits per heavy atom. The van der Waals surface area contributed by atoms with Crippen molar-refractivity contribution in [2.75, 3.05) is 13.2 Å². The van der Waals surface area contributed by atoms with E-state index >= 15 is 0 Å². The summed E-state index contributed by atoms with van der Waals surface area (Å²) in [6, 6.07) is 9.89. The van der Waals surface area contributed by atoms with E-state index in [1.807, 2.05) is 37.3 Å². The molecule has 0 amide bonds. The summed E-state index contributed by atoms with van der Waals surface area (Å²) >= 11 is 0. The molecule has 1 atom stereocenters. The maximum absolute atomic E-state index is 9.77. The number of benzene rings is 1. The summed E-state index contributed by atoms with van der Waals surface area (Å²) in [5, 5.41) is 12.8. The van der Waals surface area contributed by atoms with Crippen molar-refractivity contribution in [3.8, 4) is 0 Å². The van der Waals surface area contributed by atoms with E-state index in [2.05, 4.69) is 10.3 Å². The topological polar surface area (TPSA) is 67.5 Å². The number of hydrogen-bond donors (Lipinski definition) is 2. The molecule has 0 aliphatic carbocycles. The van der Waals surface area contributed by atoms with E-state index in [0.717, 1.165) is 11.3 Å². The van der Waals surface area contributed by atoms with Crippen LogP contribution in [0.1, 0.15) is 17.2 Å². The van der Waals surface area contributed by atoms with E-state index in [1.165, 1.54) is 0 Å². The molecule has 1 aromatic heterocycles. The maximum Gasteiger partial charge on any atom is 0.208 e. The predicted molar refractivity (Wildman–Crippen MR) is 75.1 cm³/mol. The Kier molecular flexibility index (Phi) is 5.73. The highest BCUT2D eigenvalue weighted by Crippen LogP contribution is 2.02. The van der Waals surface area contributed by atoms with Gasteiger partial charge in [-0.15, -0.1) is 0 Å². The molecule has 0 bridgehead atoms. The molecule has 0 saturated heterocycles. The van der Waals surface area contributed by atoms with Crippen LogP contribution in [-0.4, -0.2) is 29.3 Å². The van der Waals surface area contributed by atoms with E-state index in [9.17, 15) is 5.11 Å². The van der Waals surface area contributed by atoms with Crippen LogP contribution in [0.2, 0.25) is 0 Å². The molecule has 5 heteroatoms. The molecule has 0 spiro atoms. The lowest BCUT2D eigenvalue weighted by atomic mass is 10.2. The van der Waals surface area contributed by atoms with Crippen LogP contribution in [0.25, 0.3) is 0 Å². The van der Waals surface area contributed by atoms with Gasteiger partial charge in [-0.3, -0.25) is 0 Å². The third-order valence-electron chi connectivity index (χ3n) is 2.75. The molecule has 1 heterocycles. The van der Waals surface area contributed by atoms with E-state index < -0.39 is 6.10 Å². The largest absolute Gasteiger partial charge is 0.445 e. The number of hydrogen-bond acceptors (Lipinski definition) is 5. The lowest BCUT2D eigenvalue weighted by Gasteiger charge is -2.11. The first-order valence-electron chi connectivity index (χ1n) is 6.66. The number of rotatable bonds is 8. The molecule has 20 heavy (non-hydrogen) atoms. The van der Waals surface area contributed by atoms with Gasteiger partial charge >= 0.3 is 0 Å². The summed E-state index contributed by atoms with van der Waals surface area (Å²) in [6.45, 7) is 3.60. The van der Waals surface area contributed by atoms with E-state index in [4.69, 9.17) is 9.15 Å². The lowest BCUT2D eigenvalue weighted by Crippen LogP contribution is -2.30. The Morgan fingerprint density at radius 1 is 1.35 bits per heavy atom. The third-order valence-corrected chi connectivity index (χ3v) is 2.75. The normalized spacial score (nSPS) is 12.5. The number of aliphatic hydroxyl groups is 1. The minimum Gasteiger partial charge on any atom is -0.445 e. The van der Waals surface area contributed by atoms with Gasteiger partial charge < -0.3 is 19.6 Å². The molecule has 1 unspecified atom stereocenters. The summed E-state index contributed by atoms with van der Waals surface area (Å²) in [4.78, 5) is 4.07. The molecule has 0 aliphatic rings. The molecular formula is C15H20N2O3. The van der Waals surface area contributed by atoms with Crippen LogP contribution in [-0.2, 0) is 17.9 Å². The van der Waals surface area contributed by atoms with Crippen LogP contribution < -0.4 is 5.32 Å². The number of aliphatic hydroxyl groups excluding tert-OH is 1. The molecule has 2 N–H and O–H groups in total. The number of nitrogens with one attached hydrogen (secondary N) is 1. The number of aryl methyl sites for hydroxylation is 1. The van der Waals surface area contributed by atoms with Crippen molar-refractivity contribution in [1.29, 1.82) is 0 Å². The fourth-order valence-corrected chi connectivity index (χ4v) is 1.77. The Bertz CT molecular complexity index is 499. The van der Waals surface area contributed by atoms with Crippen LogP contribution in [0.5, 0.6) is 0 Å². The highest BCUT2D eigenvalue weighted by Gasteiger charge is 2.05. The third kappa shape index (κ3) is 5.13. The van der Waals surface area contributed by atoms with Crippen LogP contribution >= 0.6 is 0 Å². The molecule has 0 radical (unpaired) electrons. The molecule has 0 aliphatic heterocycles.